The number of carbonyl (C=O) groups is 1. The summed E-state index contributed by atoms with van der Waals surface area (Å²) in [6.07, 6.45) is 5.38. The molecule has 0 aliphatic heterocycles. The topological polar surface area (TPSA) is 71.1 Å². The first-order valence-electron chi connectivity index (χ1n) is 6.16. The third-order valence-corrected chi connectivity index (χ3v) is 4.09. The Morgan fingerprint density at radius 3 is 2.21 bits per heavy atom. The van der Waals surface area contributed by atoms with E-state index >= 15 is 0 Å². The minimum atomic E-state index is -3.72. The number of hydrogen-bond donors (Lipinski definition) is 0. The van der Waals surface area contributed by atoms with E-state index in [0.717, 1.165) is 0 Å². The fourth-order valence-electron chi connectivity index (χ4n) is 1.26. The van der Waals surface area contributed by atoms with E-state index in [0.29, 0.717) is 0 Å². The molecular weight excluding hydrogens is 271 g/mol. The Bertz CT molecular complexity index is 339. The molecule has 0 aliphatic carbocycles. The first-order valence-corrected chi connectivity index (χ1v) is 7.77. The summed E-state index contributed by atoms with van der Waals surface area (Å²) in [4.78, 5) is 11.8. The number of ether oxygens (including phenoxy) is 2. The molecule has 0 radical (unpaired) electrons. The average Bonchev–Trinajstić information content (AvgIpc) is 2.35. The zero-order valence-corrected chi connectivity index (χ0v) is 12.5. The van der Waals surface area contributed by atoms with Gasteiger partial charge in [-0.3, -0.25) is 4.57 Å². The molecule has 0 saturated carbocycles. The van der Waals surface area contributed by atoms with Crippen LogP contribution in [0.15, 0.2) is 0 Å². The lowest BCUT2D eigenvalue weighted by atomic mass is 10.5. The fraction of sp³-hybridized carbons (Fsp3) is 0.750. The van der Waals surface area contributed by atoms with Crippen LogP contribution >= 0.6 is 7.60 Å². The summed E-state index contributed by atoms with van der Waals surface area (Å²) in [6.45, 7) is 5.42. The van der Waals surface area contributed by atoms with Crippen molar-refractivity contribution in [3.8, 4) is 12.3 Å². The second kappa shape index (κ2) is 9.99. The van der Waals surface area contributed by atoms with Crippen molar-refractivity contribution >= 4 is 13.6 Å². The molecule has 1 unspecified atom stereocenters. The average molecular weight is 292 g/mol. The maximum atomic E-state index is 12.5. The summed E-state index contributed by atoms with van der Waals surface area (Å²) in [5.74, 6) is 0.185. The minimum Gasteiger partial charge on any atom is -0.464 e. The molecule has 0 amide bonds. The van der Waals surface area contributed by atoms with Gasteiger partial charge >= 0.3 is 13.6 Å². The highest BCUT2D eigenvalue weighted by atomic mass is 31.2. The summed E-state index contributed by atoms with van der Waals surface area (Å²) >= 11 is 0. The summed E-state index contributed by atoms with van der Waals surface area (Å²) in [5.41, 5.74) is 0. The van der Waals surface area contributed by atoms with Gasteiger partial charge in [-0.15, -0.1) is 12.3 Å². The van der Waals surface area contributed by atoms with E-state index in [1.165, 1.54) is 0 Å². The van der Waals surface area contributed by atoms with Gasteiger partial charge in [-0.2, -0.15) is 0 Å². The molecule has 0 heterocycles. The maximum absolute atomic E-state index is 12.5. The zero-order chi connectivity index (χ0) is 14.7. The summed E-state index contributed by atoms with van der Waals surface area (Å²) in [6, 6.07) is 0. The number of carbonyl (C=O) groups excluding carboxylic acids is 1. The van der Waals surface area contributed by atoms with Crippen molar-refractivity contribution in [2.75, 3.05) is 26.4 Å². The highest BCUT2D eigenvalue weighted by Gasteiger charge is 2.43. The van der Waals surface area contributed by atoms with Gasteiger partial charge in [0.2, 0.25) is 0 Å². The Labute approximate surface area is 114 Å². The van der Waals surface area contributed by atoms with Crippen LogP contribution in [0.4, 0.5) is 0 Å². The quantitative estimate of drug-likeness (QED) is 0.266. The molecule has 0 aromatic carbocycles. The first kappa shape index (κ1) is 18.1. The van der Waals surface area contributed by atoms with Crippen LogP contribution in [0.5, 0.6) is 0 Å². The predicted octanol–water partition coefficient (Wildman–Crippen LogP) is 2.18. The number of esters is 1. The van der Waals surface area contributed by atoms with Crippen LogP contribution in [0.2, 0.25) is 0 Å². The van der Waals surface area contributed by atoms with Gasteiger partial charge in [0, 0.05) is 6.42 Å². The molecule has 0 spiro atoms. The van der Waals surface area contributed by atoms with Gasteiger partial charge in [0.05, 0.1) is 26.4 Å². The fourth-order valence-corrected chi connectivity index (χ4v) is 2.95. The molecule has 0 rings (SSSR count). The first-order chi connectivity index (χ1) is 9.05. The standard InChI is InChI=1S/C12H21O6P/c1-5-9-10-16-12(11(13)15-6-2)19(14,17-7-3)18-8-4/h1,12H,6-10H2,2-4H3. The molecular formula is C12H21O6P. The van der Waals surface area contributed by atoms with Crippen LogP contribution in [-0.2, 0) is 27.9 Å². The Morgan fingerprint density at radius 1 is 1.21 bits per heavy atom. The van der Waals surface area contributed by atoms with E-state index < -0.39 is 19.4 Å². The van der Waals surface area contributed by atoms with Crippen molar-refractivity contribution in [3.05, 3.63) is 0 Å². The largest absolute Gasteiger partial charge is 0.464 e. The summed E-state index contributed by atoms with van der Waals surface area (Å²) < 4.78 is 32.7. The van der Waals surface area contributed by atoms with Crippen LogP contribution in [0, 0.1) is 12.3 Å². The Balaban J connectivity index is 4.98. The molecule has 0 N–H and O–H groups in total. The van der Waals surface area contributed by atoms with Crippen LogP contribution in [-0.4, -0.2) is 38.2 Å². The van der Waals surface area contributed by atoms with Crippen LogP contribution in [0.1, 0.15) is 27.2 Å². The second-order valence-corrected chi connectivity index (χ2v) is 5.37. The second-order valence-electron chi connectivity index (χ2n) is 3.30. The molecule has 110 valence electrons. The molecule has 0 bridgehead atoms. The Hall–Kier alpha value is -0.860. The molecule has 0 aromatic heterocycles. The molecule has 0 aliphatic rings. The molecule has 1 atom stereocenters. The third-order valence-electron chi connectivity index (χ3n) is 1.92. The van der Waals surface area contributed by atoms with Gasteiger partial charge in [-0.25, -0.2) is 4.79 Å². The van der Waals surface area contributed by atoms with Crippen molar-refractivity contribution < 1.29 is 27.9 Å². The lowest BCUT2D eigenvalue weighted by Crippen LogP contribution is -2.29. The van der Waals surface area contributed by atoms with E-state index in [1.54, 1.807) is 20.8 Å². The van der Waals surface area contributed by atoms with E-state index in [9.17, 15) is 9.36 Å². The Kier molecular flexibility index (Phi) is 9.54. The number of terminal acetylenes is 1. The Morgan fingerprint density at radius 2 is 1.79 bits per heavy atom. The molecule has 0 saturated heterocycles. The van der Waals surface area contributed by atoms with Crippen LogP contribution in [0.3, 0.4) is 0 Å². The van der Waals surface area contributed by atoms with Crippen LogP contribution < -0.4 is 0 Å². The van der Waals surface area contributed by atoms with Crippen LogP contribution in [0.25, 0.3) is 0 Å². The van der Waals surface area contributed by atoms with Gasteiger partial charge in [0.25, 0.3) is 5.85 Å². The normalized spacial score (nSPS) is 12.7. The van der Waals surface area contributed by atoms with E-state index in [1.807, 2.05) is 0 Å². The van der Waals surface area contributed by atoms with Gasteiger partial charge < -0.3 is 18.5 Å². The third kappa shape index (κ3) is 6.22. The highest BCUT2D eigenvalue weighted by Crippen LogP contribution is 2.53. The smallest absolute Gasteiger partial charge is 0.370 e. The van der Waals surface area contributed by atoms with Crippen molar-refractivity contribution in [2.24, 2.45) is 0 Å². The zero-order valence-electron chi connectivity index (χ0n) is 11.6. The van der Waals surface area contributed by atoms with Gasteiger partial charge in [0.1, 0.15) is 0 Å². The van der Waals surface area contributed by atoms with Gasteiger partial charge in [-0.05, 0) is 20.8 Å². The van der Waals surface area contributed by atoms with Crippen molar-refractivity contribution in [1.82, 2.24) is 0 Å². The van der Waals surface area contributed by atoms with E-state index in [4.69, 9.17) is 24.9 Å². The van der Waals surface area contributed by atoms with Gasteiger partial charge in [-0.1, -0.05) is 0 Å². The highest BCUT2D eigenvalue weighted by molar-refractivity contribution is 7.55. The monoisotopic (exact) mass is 292 g/mol. The molecule has 6 nitrogen and oxygen atoms in total. The van der Waals surface area contributed by atoms with Crippen molar-refractivity contribution in [3.63, 3.8) is 0 Å². The predicted molar refractivity (Wildman–Crippen MR) is 70.7 cm³/mol. The molecule has 0 fully saturated rings. The SMILES string of the molecule is C#CCCOC(C(=O)OCC)P(=O)(OCC)OCC. The maximum Gasteiger partial charge on any atom is 0.370 e. The number of rotatable bonds is 10. The molecule has 0 aromatic rings. The minimum absolute atomic E-state index is 0.0735. The van der Waals surface area contributed by atoms with Gasteiger partial charge in [0.15, 0.2) is 0 Å². The lowest BCUT2D eigenvalue weighted by molar-refractivity contribution is -0.152. The summed E-state index contributed by atoms with van der Waals surface area (Å²) in [5, 5.41) is 0. The molecule has 19 heavy (non-hydrogen) atoms. The lowest BCUT2D eigenvalue weighted by Gasteiger charge is -2.24. The summed E-state index contributed by atoms with van der Waals surface area (Å²) in [7, 11) is -3.72. The molecule has 7 heteroatoms. The van der Waals surface area contributed by atoms with E-state index in [2.05, 4.69) is 5.92 Å². The van der Waals surface area contributed by atoms with Crippen molar-refractivity contribution in [2.45, 2.75) is 33.0 Å². The van der Waals surface area contributed by atoms with E-state index in [-0.39, 0.29) is 32.8 Å². The number of hydrogen-bond acceptors (Lipinski definition) is 6. The van der Waals surface area contributed by atoms with Crippen molar-refractivity contribution in [1.29, 1.82) is 0 Å².